The molecule has 1 aliphatic carbocycles. The van der Waals surface area contributed by atoms with E-state index < -0.39 is 0 Å². The maximum Gasteiger partial charge on any atom is 0.0914 e. The Bertz CT molecular complexity index is 321. The van der Waals surface area contributed by atoms with Gasteiger partial charge in [-0.25, -0.2) is 0 Å². The molecule has 2 rings (SSSR count). The molecule has 1 aromatic carbocycles. The van der Waals surface area contributed by atoms with Crippen LogP contribution in [0.3, 0.4) is 0 Å². The fourth-order valence-corrected chi connectivity index (χ4v) is 1.86. The zero-order chi connectivity index (χ0) is 10.9. The second-order valence-electron chi connectivity index (χ2n) is 5.08. The molecule has 0 bridgehead atoms. The van der Waals surface area contributed by atoms with Gasteiger partial charge in [-0.2, -0.15) is 0 Å². The van der Waals surface area contributed by atoms with Crippen LogP contribution in [-0.2, 0) is 0 Å². The molecule has 15 heavy (non-hydrogen) atoms. The summed E-state index contributed by atoms with van der Waals surface area (Å²) in [7, 11) is 0. The van der Waals surface area contributed by atoms with Gasteiger partial charge in [-0.1, -0.05) is 44.2 Å². The summed E-state index contributed by atoms with van der Waals surface area (Å²) in [5.41, 5.74) is 1.42. The first kappa shape index (κ1) is 10.7. The minimum atomic E-state index is -0.386. The number of hydrogen-bond donors (Lipinski definition) is 2. The quantitative estimate of drug-likeness (QED) is 0.789. The van der Waals surface area contributed by atoms with Gasteiger partial charge in [0.05, 0.1) is 6.10 Å². The predicted octanol–water partition coefficient (Wildman–Crippen LogP) is 2.11. The summed E-state index contributed by atoms with van der Waals surface area (Å²) in [5.74, 6) is 0. The Hall–Kier alpha value is -0.860. The first-order chi connectivity index (χ1) is 7.09. The largest absolute Gasteiger partial charge is 0.387 e. The summed E-state index contributed by atoms with van der Waals surface area (Å²) in [6.07, 6.45) is 0.830. The Labute approximate surface area is 91.3 Å². The molecule has 2 heteroatoms. The summed E-state index contributed by atoms with van der Waals surface area (Å²) in [6.45, 7) is 5.15. The van der Waals surface area contributed by atoms with Crippen LogP contribution >= 0.6 is 0 Å². The lowest BCUT2D eigenvalue weighted by atomic mass is 10.1. The van der Waals surface area contributed by atoms with Gasteiger partial charge in [-0.15, -0.1) is 0 Å². The van der Waals surface area contributed by atoms with Crippen molar-refractivity contribution < 1.29 is 5.11 Å². The van der Waals surface area contributed by atoms with Crippen LogP contribution in [0.5, 0.6) is 0 Å². The lowest BCUT2D eigenvalue weighted by Crippen LogP contribution is -2.26. The van der Waals surface area contributed by atoms with Gasteiger partial charge < -0.3 is 10.4 Å². The van der Waals surface area contributed by atoms with E-state index in [1.165, 1.54) is 6.42 Å². The van der Waals surface area contributed by atoms with Gasteiger partial charge in [0.1, 0.15) is 0 Å². The molecule has 1 aromatic rings. The molecule has 2 nitrogen and oxygen atoms in total. The van der Waals surface area contributed by atoms with Crippen molar-refractivity contribution in [2.45, 2.75) is 32.4 Å². The van der Waals surface area contributed by atoms with Crippen molar-refractivity contribution in [3.63, 3.8) is 0 Å². The van der Waals surface area contributed by atoms with E-state index in [1.807, 2.05) is 30.3 Å². The zero-order valence-electron chi connectivity index (χ0n) is 9.40. The van der Waals surface area contributed by atoms with Gasteiger partial charge in [0.2, 0.25) is 0 Å². The summed E-state index contributed by atoms with van der Waals surface area (Å²) in [6, 6.07) is 10.4. The van der Waals surface area contributed by atoms with Gasteiger partial charge in [0.15, 0.2) is 0 Å². The Kier molecular flexibility index (Phi) is 2.81. The van der Waals surface area contributed by atoms with Crippen LogP contribution in [0.4, 0.5) is 0 Å². The highest BCUT2D eigenvalue weighted by molar-refractivity contribution is 5.17. The number of aliphatic hydroxyl groups is 1. The lowest BCUT2D eigenvalue weighted by Gasteiger charge is -2.12. The van der Waals surface area contributed by atoms with Crippen LogP contribution in [-0.4, -0.2) is 17.7 Å². The van der Waals surface area contributed by atoms with E-state index >= 15 is 0 Å². The zero-order valence-corrected chi connectivity index (χ0v) is 9.40. The second kappa shape index (κ2) is 3.95. The van der Waals surface area contributed by atoms with Gasteiger partial charge >= 0.3 is 0 Å². The van der Waals surface area contributed by atoms with Crippen LogP contribution in [0.1, 0.15) is 31.9 Å². The molecule has 1 fully saturated rings. The van der Waals surface area contributed by atoms with E-state index in [4.69, 9.17) is 0 Å². The van der Waals surface area contributed by atoms with E-state index in [2.05, 4.69) is 19.2 Å². The molecule has 0 amide bonds. The Balaban J connectivity index is 1.81. The van der Waals surface area contributed by atoms with Crippen molar-refractivity contribution in [3.05, 3.63) is 35.9 Å². The number of hydrogen-bond acceptors (Lipinski definition) is 2. The van der Waals surface area contributed by atoms with Crippen LogP contribution < -0.4 is 5.32 Å². The number of nitrogens with one attached hydrogen (secondary N) is 1. The highest BCUT2D eigenvalue weighted by Crippen LogP contribution is 2.44. The standard InChI is InChI=1S/C13H19NO/c1-13(2)8-12(13)14-9-11(15)10-6-4-3-5-7-10/h3-7,11-12,14-15H,8-9H2,1-2H3. The number of aliphatic hydroxyl groups excluding tert-OH is 1. The topological polar surface area (TPSA) is 32.3 Å². The fraction of sp³-hybridized carbons (Fsp3) is 0.538. The van der Waals surface area contributed by atoms with Gasteiger partial charge in [0, 0.05) is 12.6 Å². The molecule has 2 atom stereocenters. The maximum absolute atomic E-state index is 9.90. The van der Waals surface area contributed by atoms with Crippen molar-refractivity contribution in [2.75, 3.05) is 6.54 Å². The summed E-state index contributed by atoms with van der Waals surface area (Å²) in [4.78, 5) is 0. The third-order valence-electron chi connectivity index (χ3n) is 3.26. The van der Waals surface area contributed by atoms with E-state index in [1.54, 1.807) is 0 Å². The van der Waals surface area contributed by atoms with Crippen molar-refractivity contribution >= 4 is 0 Å². The molecule has 0 saturated heterocycles. The van der Waals surface area contributed by atoms with Crippen molar-refractivity contribution in [1.29, 1.82) is 0 Å². The third-order valence-corrected chi connectivity index (χ3v) is 3.26. The molecular weight excluding hydrogens is 186 g/mol. The average Bonchev–Trinajstić information content (AvgIpc) is 2.84. The Morgan fingerprint density at radius 2 is 2.00 bits per heavy atom. The normalized spacial score (nSPS) is 24.9. The smallest absolute Gasteiger partial charge is 0.0914 e. The SMILES string of the molecule is CC1(C)CC1NCC(O)c1ccccc1. The first-order valence-corrected chi connectivity index (χ1v) is 5.56. The van der Waals surface area contributed by atoms with E-state index in [9.17, 15) is 5.11 Å². The lowest BCUT2D eigenvalue weighted by molar-refractivity contribution is 0.173. The number of rotatable bonds is 4. The fourth-order valence-electron chi connectivity index (χ4n) is 1.86. The molecule has 82 valence electrons. The second-order valence-corrected chi connectivity index (χ2v) is 5.08. The third kappa shape index (κ3) is 2.58. The minimum Gasteiger partial charge on any atom is -0.387 e. The molecule has 0 spiro atoms. The van der Waals surface area contributed by atoms with Gasteiger partial charge in [-0.3, -0.25) is 0 Å². The van der Waals surface area contributed by atoms with Crippen LogP contribution in [0.15, 0.2) is 30.3 Å². The van der Waals surface area contributed by atoms with Crippen molar-refractivity contribution in [2.24, 2.45) is 5.41 Å². The molecule has 1 saturated carbocycles. The molecule has 0 aromatic heterocycles. The van der Waals surface area contributed by atoms with E-state index in [0.29, 0.717) is 18.0 Å². The molecule has 2 N–H and O–H groups in total. The average molecular weight is 205 g/mol. The molecule has 0 radical (unpaired) electrons. The summed E-state index contributed by atoms with van der Waals surface area (Å²) < 4.78 is 0. The molecular formula is C13H19NO. The maximum atomic E-state index is 9.90. The van der Waals surface area contributed by atoms with Crippen LogP contribution in [0.25, 0.3) is 0 Å². The summed E-state index contributed by atoms with van der Waals surface area (Å²) >= 11 is 0. The van der Waals surface area contributed by atoms with Gasteiger partial charge in [-0.05, 0) is 17.4 Å². The molecule has 0 aliphatic heterocycles. The van der Waals surface area contributed by atoms with Gasteiger partial charge in [0.25, 0.3) is 0 Å². The summed E-state index contributed by atoms with van der Waals surface area (Å²) in [5, 5.41) is 13.3. The monoisotopic (exact) mass is 205 g/mol. The van der Waals surface area contributed by atoms with Crippen molar-refractivity contribution in [1.82, 2.24) is 5.32 Å². The predicted molar refractivity (Wildman–Crippen MR) is 61.6 cm³/mol. The molecule has 2 unspecified atom stereocenters. The molecule has 1 aliphatic rings. The molecule has 0 heterocycles. The minimum absolute atomic E-state index is 0.386. The number of benzene rings is 1. The Morgan fingerprint density at radius 1 is 1.40 bits per heavy atom. The van der Waals surface area contributed by atoms with E-state index in [0.717, 1.165) is 5.56 Å². The highest BCUT2D eigenvalue weighted by atomic mass is 16.3. The first-order valence-electron chi connectivity index (χ1n) is 5.56. The van der Waals surface area contributed by atoms with E-state index in [-0.39, 0.29) is 6.10 Å². The highest BCUT2D eigenvalue weighted by Gasteiger charge is 2.45. The van der Waals surface area contributed by atoms with Crippen LogP contribution in [0.2, 0.25) is 0 Å². The van der Waals surface area contributed by atoms with Crippen LogP contribution in [0, 0.1) is 5.41 Å². The van der Waals surface area contributed by atoms with Crippen molar-refractivity contribution in [3.8, 4) is 0 Å². The Morgan fingerprint density at radius 3 is 2.53 bits per heavy atom.